The average molecular weight is 309 g/mol. The van der Waals surface area contributed by atoms with Crippen molar-refractivity contribution in [2.24, 2.45) is 11.8 Å². The summed E-state index contributed by atoms with van der Waals surface area (Å²) in [6, 6.07) is 5.79. The maximum Gasteiger partial charge on any atom is 0.227 e. The number of anilines is 1. The van der Waals surface area contributed by atoms with Gasteiger partial charge in [-0.05, 0) is 30.0 Å². The summed E-state index contributed by atoms with van der Waals surface area (Å²) in [5.74, 6) is 0.803. The number of carbonyl (C=O) groups is 1. The number of carbonyl (C=O) groups excluding carboxylic acids is 1. The molecule has 4 nitrogen and oxygen atoms in total. The Bertz CT molecular complexity index is 529. The molecule has 3 rings (SSSR count). The van der Waals surface area contributed by atoms with Crippen molar-refractivity contribution in [3.8, 4) is 0 Å². The Morgan fingerprint density at radius 2 is 2.14 bits per heavy atom. The van der Waals surface area contributed by atoms with Crippen molar-refractivity contribution in [2.45, 2.75) is 19.9 Å². The lowest BCUT2D eigenvalue weighted by molar-refractivity contribution is -0.117. The molecule has 1 aliphatic carbocycles. The molecular formula is C16H21ClN2O2. The maximum absolute atomic E-state index is 11.9. The van der Waals surface area contributed by atoms with Gasteiger partial charge >= 0.3 is 0 Å². The lowest BCUT2D eigenvalue weighted by Crippen LogP contribution is -2.35. The van der Waals surface area contributed by atoms with E-state index >= 15 is 0 Å². The average Bonchev–Trinajstić information content (AvgIpc) is 3.20. The molecule has 2 fully saturated rings. The molecule has 1 aromatic carbocycles. The lowest BCUT2D eigenvalue weighted by Gasteiger charge is -2.27. The van der Waals surface area contributed by atoms with Crippen molar-refractivity contribution in [1.82, 2.24) is 4.90 Å². The number of ether oxygens (including phenoxy) is 1. The molecule has 1 saturated heterocycles. The highest BCUT2D eigenvalue weighted by molar-refractivity contribution is 6.31. The fraction of sp³-hybridized carbons (Fsp3) is 0.562. The monoisotopic (exact) mass is 308 g/mol. The number of rotatable bonds is 4. The zero-order valence-corrected chi connectivity index (χ0v) is 13.0. The molecule has 0 radical (unpaired) electrons. The SMILES string of the molecule is C[C@H]1C[C@H]1C(=O)Nc1ccc(CN2CCOCC2)c(Cl)c1. The van der Waals surface area contributed by atoms with Crippen LogP contribution in [0.4, 0.5) is 5.69 Å². The summed E-state index contributed by atoms with van der Waals surface area (Å²) in [5.41, 5.74) is 1.88. The molecule has 1 aliphatic heterocycles. The number of nitrogens with zero attached hydrogens (tertiary/aromatic N) is 1. The highest BCUT2D eigenvalue weighted by Crippen LogP contribution is 2.38. The number of amides is 1. The van der Waals surface area contributed by atoms with E-state index in [0.29, 0.717) is 10.9 Å². The van der Waals surface area contributed by atoms with E-state index in [-0.39, 0.29) is 11.8 Å². The van der Waals surface area contributed by atoms with Gasteiger partial charge in [0.2, 0.25) is 5.91 Å². The topological polar surface area (TPSA) is 41.6 Å². The summed E-state index contributed by atoms with van der Waals surface area (Å²) in [6.45, 7) is 6.37. The highest BCUT2D eigenvalue weighted by Gasteiger charge is 2.39. The largest absolute Gasteiger partial charge is 0.379 e. The van der Waals surface area contributed by atoms with Gasteiger partial charge in [0.25, 0.3) is 0 Å². The molecule has 1 N–H and O–H groups in total. The minimum Gasteiger partial charge on any atom is -0.379 e. The van der Waals surface area contributed by atoms with Crippen molar-refractivity contribution in [3.05, 3.63) is 28.8 Å². The number of halogens is 1. The Hall–Kier alpha value is -1.10. The van der Waals surface area contributed by atoms with Gasteiger partial charge in [0.05, 0.1) is 13.2 Å². The van der Waals surface area contributed by atoms with E-state index in [2.05, 4.69) is 17.1 Å². The molecule has 5 heteroatoms. The number of benzene rings is 1. The van der Waals surface area contributed by atoms with Crippen LogP contribution in [0.15, 0.2) is 18.2 Å². The smallest absolute Gasteiger partial charge is 0.227 e. The second kappa shape index (κ2) is 6.34. The van der Waals surface area contributed by atoms with Crippen molar-refractivity contribution in [2.75, 3.05) is 31.6 Å². The van der Waals surface area contributed by atoms with E-state index in [1.165, 1.54) is 0 Å². The first kappa shape index (κ1) is 14.8. The summed E-state index contributed by atoms with van der Waals surface area (Å²) in [7, 11) is 0. The van der Waals surface area contributed by atoms with E-state index < -0.39 is 0 Å². The number of hydrogen-bond donors (Lipinski definition) is 1. The van der Waals surface area contributed by atoms with E-state index in [1.807, 2.05) is 18.2 Å². The standard InChI is InChI=1S/C16H21ClN2O2/c1-11-8-14(11)16(20)18-13-3-2-12(15(17)9-13)10-19-4-6-21-7-5-19/h2-3,9,11,14H,4-8,10H2,1H3,(H,18,20)/t11-,14+/m0/s1. The fourth-order valence-corrected chi connectivity index (χ4v) is 2.92. The van der Waals surface area contributed by atoms with Gasteiger partial charge in [-0.25, -0.2) is 0 Å². The third-order valence-corrected chi connectivity index (χ3v) is 4.62. The van der Waals surface area contributed by atoms with E-state index in [4.69, 9.17) is 16.3 Å². The van der Waals surface area contributed by atoms with Crippen LogP contribution in [-0.2, 0) is 16.1 Å². The van der Waals surface area contributed by atoms with Gasteiger partial charge in [-0.3, -0.25) is 9.69 Å². The second-order valence-electron chi connectivity index (χ2n) is 6.00. The summed E-state index contributed by atoms with van der Waals surface area (Å²) in [5, 5.41) is 3.66. The van der Waals surface area contributed by atoms with Gasteiger partial charge in [-0.1, -0.05) is 24.6 Å². The Kier molecular flexibility index (Phi) is 4.48. The third kappa shape index (κ3) is 3.76. The zero-order chi connectivity index (χ0) is 14.8. The van der Waals surface area contributed by atoms with Crippen LogP contribution in [0, 0.1) is 11.8 Å². The summed E-state index contributed by atoms with van der Waals surface area (Å²) in [6.07, 6.45) is 0.995. The quantitative estimate of drug-likeness (QED) is 0.930. The summed E-state index contributed by atoms with van der Waals surface area (Å²) in [4.78, 5) is 14.3. The second-order valence-corrected chi connectivity index (χ2v) is 6.41. The summed E-state index contributed by atoms with van der Waals surface area (Å²) >= 11 is 6.35. The molecule has 0 bridgehead atoms. The van der Waals surface area contributed by atoms with Crippen LogP contribution in [0.25, 0.3) is 0 Å². The lowest BCUT2D eigenvalue weighted by atomic mass is 10.1. The number of hydrogen-bond acceptors (Lipinski definition) is 3. The van der Waals surface area contributed by atoms with Crippen LogP contribution < -0.4 is 5.32 Å². The Morgan fingerprint density at radius 1 is 1.43 bits per heavy atom. The predicted octanol–water partition coefficient (Wildman–Crippen LogP) is 2.77. The minimum absolute atomic E-state index is 0.111. The molecule has 21 heavy (non-hydrogen) atoms. The zero-order valence-electron chi connectivity index (χ0n) is 12.3. The molecule has 0 unspecified atom stereocenters. The normalized spacial score (nSPS) is 25.6. The van der Waals surface area contributed by atoms with Gasteiger partial charge in [0.15, 0.2) is 0 Å². The molecule has 114 valence electrons. The third-order valence-electron chi connectivity index (χ3n) is 4.26. The van der Waals surface area contributed by atoms with Crippen LogP contribution in [0.2, 0.25) is 5.02 Å². The van der Waals surface area contributed by atoms with Crippen LogP contribution >= 0.6 is 11.6 Å². The van der Waals surface area contributed by atoms with Crippen molar-refractivity contribution < 1.29 is 9.53 Å². The van der Waals surface area contributed by atoms with Crippen LogP contribution in [0.1, 0.15) is 18.9 Å². The minimum atomic E-state index is 0.111. The van der Waals surface area contributed by atoms with Crippen LogP contribution in [0.3, 0.4) is 0 Å². The van der Waals surface area contributed by atoms with Crippen LogP contribution in [0.5, 0.6) is 0 Å². The molecule has 1 amide bonds. The Balaban J connectivity index is 1.60. The van der Waals surface area contributed by atoms with Gasteiger partial charge in [0, 0.05) is 36.3 Å². The molecule has 1 saturated carbocycles. The molecule has 0 aromatic heterocycles. The van der Waals surface area contributed by atoms with E-state index in [0.717, 1.165) is 50.5 Å². The van der Waals surface area contributed by atoms with E-state index in [1.54, 1.807) is 0 Å². The Labute approximate surface area is 130 Å². The number of morpholine rings is 1. The van der Waals surface area contributed by atoms with E-state index in [9.17, 15) is 4.79 Å². The molecule has 2 atom stereocenters. The summed E-state index contributed by atoms with van der Waals surface area (Å²) < 4.78 is 5.35. The van der Waals surface area contributed by atoms with Crippen LogP contribution in [-0.4, -0.2) is 37.1 Å². The van der Waals surface area contributed by atoms with Gasteiger partial charge in [0.1, 0.15) is 0 Å². The number of nitrogens with one attached hydrogen (secondary N) is 1. The highest BCUT2D eigenvalue weighted by atomic mass is 35.5. The molecule has 1 heterocycles. The van der Waals surface area contributed by atoms with Gasteiger partial charge < -0.3 is 10.1 Å². The molecular weight excluding hydrogens is 288 g/mol. The van der Waals surface area contributed by atoms with Crippen molar-refractivity contribution in [1.29, 1.82) is 0 Å². The maximum atomic E-state index is 11.9. The molecule has 1 aromatic rings. The Morgan fingerprint density at radius 3 is 2.76 bits per heavy atom. The van der Waals surface area contributed by atoms with Gasteiger partial charge in [-0.2, -0.15) is 0 Å². The molecule has 0 spiro atoms. The molecule has 2 aliphatic rings. The first-order valence-electron chi connectivity index (χ1n) is 7.53. The van der Waals surface area contributed by atoms with Gasteiger partial charge in [-0.15, -0.1) is 0 Å². The van der Waals surface area contributed by atoms with Crippen molar-refractivity contribution >= 4 is 23.2 Å². The first-order chi connectivity index (χ1) is 10.1. The fourth-order valence-electron chi connectivity index (χ4n) is 2.68. The predicted molar refractivity (Wildman–Crippen MR) is 83.4 cm³/mol. The van der Waals surface area contributed by atoms with Crippen molar-refractivity contribution in [3.63, 3.8) is 0 Å². The first-order valence-corrected chi connectivity index (χ1v) is 7.90.